The molecule has 0 amide bonds. The van der Waals surface area contributed by atoms with E-state index in [0.717, 1.165) is 23.2 Å². The van der Waals surface area contributed by atoms with Gasteiger partial charge in [-0.1, -0.05) is 96.9 Å². The third-order valence-electron chi connectivity index (χ3n) is 4.78. The molecule has 0 aliphatic rings. The molecule has 0 bridgehead atoms. The monoisotopic (exact) mass is 360 g/mol. The van der Waals surface area contributed by atoms with Gasteiger partial charge in [0.25, 0.3) is 0 Å². The van der Waals surface area contributed by atoms with E-state index >= 15 is 0 Å². The highest BCUT2D eigenvalue weighted by Gasteiger charge is 2.20. The first-order valence-electron chi connectivity index (χ1n) is 10.2. The molecule has 0 rings (SSSR count). The Morgan fingerprint density at radius 2 is 0.870 bits per heavy atom. The summed E-state index contributed by atoms with van der Waals surface area (Å²) in [5.74, 6) is 3.37. The Hall–Kier alpha value is 0.860. The molecule has 0 fully saturated rings. The topological polar surface area (TPSA) is 0 Å². The Labute approximate surface area is 151 Å². The molecule has 0 N–H and O–H groups in total. The molecule has 2 unspecified atom stereocenters. The van der Waals surface area contributed by atoms with Crippen LogP contribution in [0.4, 0.5) is 0 Å². The molecular weight excluding hydrogens is 314 g/mol. The molecule has 0 aromatic rings. The molecular formula is C21H46P2. The zero-order valence-corrected chi connectivity index (χ0v) is 19.4. The first kappa shape index (κ1) is 23.9. The summed E-state index contributed by atoms with van der Waals surface area (Å²) < 4.78 is 0. The minimum absolute atomic E-state index is 0.273. The maximum absolute atomic E-state index is 2.49. The number of unbranched alkanes of at least 4 members (excludes halogenated alkanes) is 2. The predicted octanol–water partition coefficient (Wildman–Crippen LogP) is 8.38. The molecule has 23 heavy (non-hydrogen) atoms. The van der Waals surface area contributed by atoms with Crippen molar-refractivity contribution >= 4 is 15.8 Å². The second kappa shape index (κ2) is 14.1. The van der Waals surface area contributed by atoms with Crippen LogP contribution in [0.3, 0.4) is 0 Å². The van der Waals surface area contributed by atoms with Crippen LogP contribution in [-0.4, -0.2) is 29.5 Å². The van der Waals surface area contributed by atoms with E-state index in [4.69, 9.17) is 0 Å². The van der Waals surface area contributed by atoms with Gasteiger partial charge in [0.05, 0.1) is 0 Å². The molecule has 0 radical (unpaired) electrons. The highest BCUT2D eigenvalue weighted by Crippen LogP contribution is 2.56. The van der Waals surface area contributed by atoms with Gasteiger partial charge in [-0.15, -0.1) is 0 Å². The van der Waals surface area contributed by atoms with Crippen LogP contribution < -0.4 is 0 Å². The Balaban J connectivity index is 4.24. The van der Waals surface area contributed by atoms with Gasteiger partial charge in [0.2, 0.25) is 0 Å². The molecule has 0 heterocycles. The molecule has 0 aromatic carbocycles. The lowest BCUT2D eigenvalue weighted by Crippen LogP contribution is -2.07. The average molecular weight is 361 g/mol. The summed E-state index contributed by atoms with van der Waals surface area (Å²) >= 11 is 0. The summed E-state index contributed by atoms with van der Waals surface area (Å²) in [6.07, 6.45) is 11.8. The average Bonchev–Trinajstić information content (AvgIpc) is 2.43. The lowest BCUT2D eigenvalue weighted by atomic mass is 10.1. The Kier molecular flexibility index (Phi) is 14.6. The van der Waals surface area contributed by atoms with Crippen LogP contribution in [-0.2, 0) is 0 Å². The van der Waals surface area contributed by atoms with Crippen molar-refractivity contribution in [1.29, 1.82) is 0 Å². The normalized spacial score (nSPS) is 15.1. The Bertz CT molecular complexity index is 233. The molecule has 140 valence electrons. The van der Waals surface area contributed by atoms with Crippen molar-refractivity contribution in [3.63, 3.8) is 0 Å². The van der Waals surface area contributed by atoms with Crippen LogP contribution in [0.25, 0.3) is 0 Å². The minimum atomic E-state index is 0.273. The molecule has 0 aliphatic heterocycles. The fraction of sp³-hybridized carbons (Fsp3) is 1.00. The highest BCUT2D eigenvalue weighted by atomic mass is 31.2. The molecule has 2 heteroatoms. The van der Waals surface area contributed by atoms with E-state index in [2.05, 4.69) is 55.4 Å². The molecule has 0 spiro atoms. The van der Waals surface area contributed by atoms with Gasteiger partial charge in [0.1, 0.15) is 0 Å². The third kappa shape index (κ3) is 13.8. The lowest BCUT2D eigenvalue weighted by molar-refractivity contribution is 0.550. The van der Waals surface area contributed by atoms with E-state index in [-0.39, 0.29) is 15.8 Å². The maximum atomic E-state index is 2.49. The molecule has 0 nitrogen and oxygen atoms in total. The van der Waals surface area contributed by atoms with Crippen LogP contribution >= 0.6 is 15.8 Å². The SMILES string of the molecule is CC(C)CCCCP(CP(CCCCC(C)C)C(C)C)C(C)C. The Morgan fingerprint density at radius 1 is 0.522 bits per heavy atom. The number of rotatable bonds is 14. The van der Waals surface area contributed by atoms with E-state index < -0.39 is 0 Å². The van der Waals surface area contributed by atoms with Gasteiger partial charge < -0.3 is 0 Å². The zero-order valence-electron chi connectivity index (χ0n) is 17.6. The summed E-state index contributed by atoms with van der Waals surface area (Å²) in [7, 11) is 0.546. The maximum Gasteiger partial charge on any atom is -0.0116 e. The zero-order chi connectivity index (χ0) is 17.8. The van der Waals surface area contributed by atoms with Crippen molar-refractivity contribution in [2.24, 2.45) is 11.8 Å². The lowest BCUT2D eigenvalue weighted by Gasteiger charge is -2.30. The third-order valence-corrected chi connectivity index (χ3v) is 12.4. The number of hydrogen-bond donors (Lipinski definition) is 0. The molecule has 0 saturated heterocycles. The fourth-order valence-electron chi connectivity index (χ4n) is 2.95. The summed E-state index contributed by atoms with van der Waals surface area (Å²) in [6.45, 7) is 19.4. The van der Waals surface area contributed by atoms with E-state index in [1.807, 2.05) is 0 Å². The molecule has 0 aromatic heterocycles. The first-order chi connectivity index (χ1) is 10.7. The van der Waals surface area contributed by atoms with Crippen molar-refractivity contribution in [2.75, 3.05) is 18.2 Å². The van der Waals surface area contributed by atoms with Crippen molar-refractivity contribution < 1.29 is 0 Å². The second-order valence-corrected chi connectivity index (χ2v) is 15.2. The van der Waals surface area contributed by atoms with Gasteiger partial charge in [0, 0.05) is 0 Å². The number of hydrogen-bond acceptors (Lipinski definition) is 0. The smallest absolute Gasteiger partial charge is 0.0116 e. The molecule has 0 saturated carbocycles. The molecule has 2 atom stereocenters. The van der Waals surface area contributed by atoms with Gasteiger partial charge in [0.15, 0.2) is 0 Å². The summed E-state index contributed by atoms with van der Waals surface area (Å²) in [5.41, 5.74) is 1.87. The van der Waals surface area contributed by atoms with Crippen molar-refractivity contribution in [2.45, 2.75) is 105 Å². The van der Waals surface area contributed by atoms with E-state index in [1.54, 1.807) is 5.90 Å². The van der Waals surface area contributed by atoms with Gasteiger partial charge >= 0.3 is 0 Å². The molecule has 0 aliphatic carbocycles. The van der Waals surface area contributed by atoms with Crippen LogP contribution in [0.5, 0.6) is 0 Å². The summed E-state index contributed by atoms with van der Waals surface area (Å²) in [4.78, 5) is 0. The van der Waals surface area contributed by atoms with E-state index in [0.29, 0.717) is 0 Å². The van der Waals surface area contributed by atoms with Gasteiger partial charge in [-0.2, -0.15) is 0 Å². The van der Waals surface area contributed by atoms with Crippen LogP contribution in [0.2, 0.25) is 0 Å². The standard InChI is InChI=1S/C21H46P2/c1-18(2)13-9-11-15-22(20(5)6)17-23(21(7)8)16-12-10-14-19(3)4/h18-21H,9-17H2,1-8H3. The quantitative estimate of drug-likeness (QED) is 0.215. The van der Waals surface area contributed by atoms with Crippen LogP contribution in [0, 0.1) is 11.8 Å². The van der Waals surface area contributed by atoms with E-state index in [9.17, 15) is 0 Å². The van der Waals surface area contributed by atoms with Crippen molar-refractivity contribution in [1.82, 2.24) is 0 Å². The van der Waals surface area contributed by atoms with Crippen molar-refractivity contribution in [3.8, 4) is 0 Å². The van der Waals surface area contributed by atoms with E-state index in [1.165, 1.54) is 50.8 Å². The predicted molar refractivity (Wildman–Crippen MR) is 116 cm³/mol. The highest BCUT2D eigenvalue weighted by molar-refractivity contribution is 7.75. The second-order valence-electron chi connectivity index (χ2n) is 8.73. The van der Waals surface area contributed by atoms with Crippen LogP contribution in [0.15, 0.2) is 0 Å². The van der Waals surface area contributed by atoms with Gasteiger partial charge in [-0.25, -0.2) is 0 Å². The largest absolute Gasteiger partial charge is 0.0997 e. The summed E-state index contributed by atoms with van der Waals surface area (Å²) in [5, 5.41) is 0. The van der Waals surface area contributed by atoms with Gasteiger partial charge in [-0.3, -0.25) is 0 Å². The fourth-order valence-corrected chi connectivity index (χ4v) is 10.9. The van der Waals surface area contributed by atoms with Crippen molar-refractivity contribution in [3.05, 3.63) is 0 Å². The first-order valence-corrected chi connectivity index (χ1v) is 13.8. The van der Waals surface area contributed by atoms with Crippen LogP contribution in [0.1, 0.15) is 93.9 Å². The minimum Gasteiger partial charge on any atom is -0.0997 e. The summed E-state index contributed by atoms with van der Waals surface area (Å²) in [6, 6.07) is 0. The van der Waals surface area contributed by atoms with Gasteiger partial charge in [-0.05, 0) is 54.2 Å². The Morgan fingerprint density at radius 3 is 1.13 bits per heavy atom.